The van der Waals surface area contributed by atoms with Gasteiger partial charge < -0.3 is 4.74 Å². The molecule has 0 radical (unpaired) electrons. The van der Waals surface area contributed by atoms with Crippen molar-refractivity contribution in [3.8, 4) is 0 Å². The molecule has 0 spiro atoms. The standard InChI is InChI=1S/C10H17N3O3/c1-10(2,3)16-9(15)13-6-4-5-8(13)12-11-7-14/h8,12H,4-6H2,1-3H3/t8-/m1/s1. The topological polar surface area (TPSA) is 71.0 Å². The molecule has 0 aromatic carbocycles. The molecule has 1 fully saturated rings. The average molecular weight is 227 g/mol. The van der Waals surface area contributed by atoms with Crippen LogP contribution in [-0.2, 0) is 9.53 Å². The fraction of sp³-hybridized carbons (Fsp3) is 0.800. The molecule has 0 unspecified atom stereocenters. The third-order valence-corrected chi connectivity index (χ3v) is 2.14. The van der Waals surface area contributed by atoms with Crippen LogP contribution in [0.1, 0.15) is 33.6 Å². The van der Waals surface area contributed by atoms with Crippen molar-refractivity contribution in [1.29, 1.82) is 0 Å². The summed E-state index contributed by atoms with van der Waals surface area (Å²) in [7, 11) is 0. The summed E-state index contributed by atoms with van der Waals surface area (Å²) in [5.41, 5.74) is 2.06. The van der Waals surface area contributed by atoms with E-state index in [9.17, 15) is 9.59 Å². The first-order valence-electron chi connectivity index (χ1n) is 5.26. The van der Waals surface area contributed by atoms with Gasteiger partial charge in [0.15, 0.2) is 0 Å². The smallest absolute Gasteiger partial charge is 0.411 e. The van der Waals surface area contributed by atoms with Crippen LogP contribution in [0.4, 0.5) is 4.79 Å². The zero-order valence-corrected chi connectivity index (χ0v) is 9.82. The highest BCUT2D eigenvalue weighted by Gasteiger charge is 2.31. The van der Waals surface area contributed by atoms with Crippen LogP contribution in [0.3, 0.4) is 0 Å². The van der Waals surface area contributed by atoms with Gasteiger partial charge in [-0.05, 0) is 33.6 Å². The van der Waals surface area contributed by atoms with Gasteiger partial charge >= 0.3 is 6.09 Å². The van der Waals surface area contributed by atoms with E-state index < -0.39 is 5.60 Å². The van der Waals surface area contributed by atoms with Crippen LogP contribution in [0.5, 0.6) is 0 Å². The van der Waals surface area contributed by atoms with Crippen LogP contribution in [0.2, 0.25) is 0 Å². The number of ether oxygens (including phenoxy) is 1. The molecule has 1 N–H and O–H groups in total. The van der Waals surface area contributed by atoms with E-state index in [0.717, 1.165) is 12.8 Å². The van der Waals surface area contributed by atoms with Gasteiger partial charge in [0.2, 0.25) is 0 Å². The zero-order chi connectivity index (χ0) is 12.2. The van der Waals surface area contributed by atoms with Crippen molar-refractivity contribution in [2.75, 3.05) is 6.54 Å². The first-order valence-corrected chi connectivity index (χ1v) is 5.26. The molecular weight excluding hydrogens is 210 g/mol. The van der Waals surface area contributed by atoms with Crippen molar-refractivity contribution in [2.45, 2.75) is 45.4 Å². The number of likely N-dealkylation sites (tertiary alicyclic amines) is 1. The number of nitrogens with zero attached hydrogens (tertiary/aromatic N) is 2. The fourth-order valence-electron chi connectivity index (χ4n) is 1.54. The Hall–Kier alpha value is -1.55. The molecule has 1 rings (SSSR count). The van der Waals surface area contributed by atoms with E-state index >= 15 is 0 Å². The minimum Gasteiger partial charge on any atom is -0.444 e. The average Bonchev–Trinajstić information content (AvgIpc) is 2.59. The predicted octanol–water partition coefficient (Wildman–Crippen LogP) is 1.18. The number of isocyanates is 1. The van der Waals surface area contributed by atoms with E-state index in [1.807, 2.05) is 20.8 Å². The first kappa shape index (κ1) is 12.5. The summed E-state index contributed by atoms with van der Waals surface area (Å²) in [5, 5.41) is 3.28. The lowest BCUT2D eigenvalue weighted by atomic mass is 10.2. The monoisotopic (exact) mass is 227 g/mol. The number of rotatable bonds is 2. The van der Waals surface area contributed by atoms with Crippen LogP contribution in [0, 0.1) is 0 Å². The highest BCUT2D eigenvalue weighted by atomic mass is 16.6. The number of carbonyl (C=O) groups is 1. The number of hydrogen-bond acceptors (Lipinski definition) is 5. The molecule has 90 valence electrons. The maximum atomic E-state index is 11.8. The van der Waals surface area contributed by atoms with Crippen molar-refractivity contribution < 1.29 is 14.3 Å². The number of nitrogens with one attached hydrogen (secondary N) is 1. The molecule has 0 aromatic rings. The quantitative estimate of drug-likeness (QED) is 0.437. The number of hydrogen-bond donors (Lipinski definition) is 1. The first-order chi connectivity index (χ1) is 7.44. The van der Waals surface area contributed by atoms with Gasteiger partial charge in [0, 0.05) is 6.54 Å². The summed E-state index contributed by atoms with van der Waals surface area (Å²) in [5.74, 6) is 0. The van der Waals surface area contributed by atoms with E-state index in [2.05, 4.69) is 10.5 Å². The summed E-state index contributed by atoms with van der Waals surface area (Å²) in [6.45, 7) is 6.05. The fourth-order valence-corrected chi connectivity index (χ4v) is 1.54. The maximum Gasteiger partial charge on any atom is 0.411 e. The minimum absolute atomic E-state index is 0.267. The molecule has 1 atom stereocenters. The Morgan fingerprint density at radius 3 is 2.81 bits per heavy atom. The zero-order valence-electron chi connectivity index (χ0n) is 9.82. The molecule has 0 aromatic heterocycles. The lowest BCUT2D eigenvalue weighted by Crippen LogP contribution is -2.45. The van der Waals surface area contributed by atoms with Gasteiger partial charge in [0.05, 0.1) is 0 Å². The largest absolute Gasteiger partial charge is 0.444 e. The predicted molar refractivity (Wildman–Crippen MR) is 57.2 cm³/mol. The maximum absolute atomic E-state index is 11.8. The number of hydrazone groups is 1. The molecule has 16 heavy (non-hydrogen) atoms. The SMILES string of the molecule is CC(C)(C)OC(=O)N1CCC[C@@H]1NN=C=O. The van der Waals surface area contributed by atoms with Crippen LogP contribution in [0.25, 0.3) is 0 Å². The van der Waals surface area contributed by atoms with Crippen molar-refractivity contribution in [3.05, 3.63) is 0 Å². The van der Waals surface area contributed by atoms with Crippen LogP contribution >= 0.6 is 0 Å². The highest BCUT2D eigenvalue weighted by Crippen LogP contribution is 2.18. The second-order valence-corrected chi connectivity index (χ2v) is 4.66. The second kappa shape index (κ2) is 4.99. The van der Waals surface area contributed by atoms with Gasteiger partial charge in [-0.2, -0.15) is 0 Å². The summed E-state index contributed by atoms with van der Waals surface area (Å²) >= 11 is 0. The van der Waals surface area contributed by atoms with E-state index in [0.29, 0.717) is 6.54 Å². The highest BCUT2D eigenvalue weighted by molar-refractivity contribution is 5.68. The van der Waals surface area contributed by atoms with E-state index in [1.54, 1.807) is 0 Å². The van der Waals surface area contributed by atoms with E-state index in [4.69, 9.17) is 4.74 Å². The number of carbonyl (C=O) groups excluding carboxylic acids is 2. The number of amides is 1. The Morgan fingerprint density at radius 2 is 2.25 bits per heavy atom. The Kier molecular flexibility index (Phi) is 3.90. The van der Waals surface area contributed by atoms with Gasteiger partial charge in [-0.25, -0.2) is 9.59 Å². The molecule has 6 heteroatoms. The van der Waals surface area contributed by atoms with Crippen molar-refractivity contribution in [1.82, 2.24) is 10.3 Å². The normalized spacial score (nSPS) is 20.2. The second-order valence-electron chi connectivity index (χ2n) is 4.66. The van der Waals surface area contributed by atoms with Gasteiger partial charge in [-0.1, -0.05) is 5.10 Å². The molecule has 1 aliphatic heterocycles. The molecule has 0 saturated carbocycles. The molecular formula is C10H17N3O3. The van der Waals surface area contributed by atoms with Crippen molar-refractivity contribution >= 4 is 12.2 Å². The summed E-state index contributed by atoms with van der Waals surface area (Å²) < 4.78 is 5.24. The lowest BCUT2D eigenvalue weighted by Gasteiger charge is -2.27. The minimum atomic E-state index is -0.516. The van der Waals surface area contributed by atoms with Gasteiger partial charge in [0.25, 0.3) is 6.08 Å². The van der Waals surface area contributed by atoms with E-state index in [1.165, 1.54) is 11.0 Å². The summed E-state index contributed by atoms with van der Waals surface area (Å²) in [6.07, 6.45) is 2.36. The Balaban J connectivity index is 2.57. The Labute approximate surface area is 94.6 Å². The molecule has 1 aliphatic rings. The summed E-state index contributed by atoms with van der Waals surface area (Å²) in [6, 6.07) is 0. The summed E-state index contributed by atoms with van der Waals surface area (Å²) in [4.78, 5) is 23.3. The van der Waals surface area contributed by atoms with Gasteiger partial charge in [0.1, 0.15) is 11.8 Å². The Morgan fingerprint density at radius 1 is 1.56 bits per heavy atom. The van der Waals surface area contributed by atoms with Crippen molar-refractivity contribution in [2.24, 2.45) is 5.10 Å². The molecule has 1 saturated heterocycles. The van der Waals surface area contributed by atoms with Crippen LogP contribution in [-0.4, -0.2) is 35.4 Å². The van der Waals surface area contributed by atoms with Crippen molar-refractivity contribution in [3.63, 3.8) is 0 Å². The molecule has 0 aliphatic carbocycles. The van der Waals surface area contributed by atoms with Gasteiger partial charge in [-0.15, -0.1) is 0 Å². The van der Waals surface area contributed by atoms with E-state index in [-0.39, 0.29) is 12.3 Å². The lowest BCUT2D eigenvalue weighted by molar-refractivity contribution is 0.0201. The third-order valence-electron chi connectivity index (χ3n) is 2.14. The molecule has 1 heterocycles. The third kappa shape index (κ3) is 3.55. The van der Waals surface area contributed by atoms with Gasteiger partial charge in [-0.3, -0.25) is 10.3 Å². The van der Waals surface area contributed by atoms with Crippen LogP contribution in [0.15, 0.2) is 5.10 Å². The van der Waals surface area contributed by atoms with Crippen LogP contribution < -0.4 is 5.43 Å². The molecule has 6 nitrogen and oxygen atoms in total. The Bertz CT molecular complexity index is 305. The molecule has 0 bridgehead atoms. The molecule has 1 amide bonds.